The molecule has 0 saturated carbocycles. The quantitative estimate of drug-likeness (QED) is 0.401. The Morgan fingerprint density at radius 2 is 2.27 bits per heavy atom. The third-order valence-electron chi connectivity index (χ3n) is 1.36. The van der Waals surface area contributed by atoms with Crippen molar-refractivity contribution in [2.24, 2.45) is 4.58 Å². The molecule has 5 nitrogen and oxygen atoms in total. The van der Waals surface area contributed by atoms with E-state index in [1.807, 2.05) is 4.58 Å². The summed E-state index contributed by atoms with van der Waals surface area (Å²) in [6.45, 7) is 0.858. The van der Waals surface area contributed by atoms with Gasteiger partial charge in [0.1, 0.15) is 6.04 Å². The van der Waals surface area contributed by atoms with Crippen LogP contribution >= 0.6 is 12.8 Å². The second kappa shape index (κ2) is 6.11. The zero-order chi connectivity index (χ0) is 8.69. The minimum absolute atomic E-state index is 0.269. The van der Waals surface area contributed by atoms with Crippen molar-refractivity contribution in [1.82, 2.24) is 5.32 Å². The van der Waals surface area contributed by atoms with Gasteiger partial charge in [0.05, 0.1) is 0 Å². The molecule has 11 heavy (non-hydrogen) atoms. The van der Waals surface area contributed by atoms with Crippen LogP contribution in [0.25, 0.3) is 0 Å². The smallest absolute Gasteiger partial charge is 0.320 e. The lowest BCUT2D eigenvalue weighted by Crippen LogP contribution is -2.29. The highest BCUT2D eigenvalue weighted by atomic mass is 32.1. The van der Waals surface area contributed by atoms with Crippen molar-refractivity contribution < 1.29 is 9.90 Å². The normalized spacial score (nSPS) is 21.7. The molecule has 1 aliphatic rings. The van der Waals surface area contributed by atoms with Crippen molar-refractivity contribution in [2.75, 3.05) is 6.54 Å². The summed E-state index contributed by atoms with van der Waals surface area (Å²) in [4.78, 5) is 18.6. The summed E-state index contributed by atoms with van der Waals surface area (Å²) in [5.41, 5.74) is 0. The first-order valence-electron chi connectivity index (χ1n) is 3.15. The molecule has 1 fully saturated rings. The van der Waals surface area contributed by atoms with Gasteiger partial charge in [-0.05, 0) is 19.4 Å². The molecule has 0 aliphatic carbocycles. The number of carboxylic acid groups (broad SMARTS) is 1. The van der Waals surface area contributed by atoms with Gasteiger partial charge >= 0.3 is 5.97 Å². The van der Waals surface area contributed by atoms with E-state index in [4.69, 9.17) is 10.0 Å². The second-order valence-electron chi connectivity index (χ2n) is 2.07. The van der Waals surface area contributed by atoms with E-state index in [0.717, 1.165) is 19.4 Å². The Kier molecular flexibility index (Phi) is 5.77. The molecule has 0 amide bonds. The molecule has 1 rings (SSSR count). The maximum atomic E-state index is 10.1. The van der Waals surface area contributed by atoms with E-state index in [2.05, 4.69) is 18.1 Å². The molecule has 1 heterocycles. The number of carboxylic acids is 1. The Labute approximate surface area is 69.7 Å². The molecular formula is C5H10N2O3S. The minimum atomic E-state index is -0.720. The number of aliphatic carboxylic acids is 1. The van der Waals surface area contributed by atoms with E-state index < -0.39 is 5.97 Å². The van der Waals surface area contributed by atoms with Crippen LogP contribution in [-0.4, -0.2) is 23.7 Å². The third kappa shape index (κ3) is 4.74. The zero-order valence-corrected chi connectivity index (χ0v) is 6.75. The summed E-state index contributed by atoms with van der Waals surface area (Å²) in [6.07, 6.45) is 1.78. The molecule has 0 aromatic carbocycles. The largest absolute Gasteiger partial charge is 0.480 e. The summed E-state index contributed by atoms with van der Waals surface area (Å²) >= 11 is 2.86. The van der Waals surface area contributed by atoms with Crippen LogP contribution in [-0.2, 0) is 4.79 Å². The van der Waals surface area contributed by atoms with Crippen LogP contribution < -0.4 is 5.32 Å². The van der Waals surface area contributed by atoms with E-state index in [0.29, 0.717) is 0 Å². The summed E-state index contributed by atoms with van der Waals surface area (Å²) in [5.74, 6) is -0.720. The lowest BCUT2D eigenvalue weighted by molar-refractivity contribution is -0.139. The van der Waals surface area contributed by atoms with Gasteiger partial charge in [0.15, 0.2) is 0 Å². The van der Waals surface area contributed by atoms with E-state index in [-0.39, 0.29) is 6.04 Å². The van der Waals surface area contributed by atoms with Gasteiger partial charge in [0, 0.05) is 17.4 Å². The van der Waals surface area contributed by atoms with Gasteiger partial charge in [0.2, 0.25) is 0 Å². The molecule has 0 radical (unpaired) electrons. The number of hydrogen-bond acceptors (Lipinski definition) is 4. The Bertz CT molecular complexity index is 136. The van der Waals surface area contributed by atoms with E-state index >= 15 is 0 Å². The number of hydrogen-bond donors (Lipinski definition) is 3. The van der Waals surface area contributed by atoms with Crippen LogP contribution in [0.3, 0.4) is 0 Å². The van der Waals surface area contributed by atoms with Crippen molar-refractivity contribution in [3.05, 3.63) is 4.91 Å². The molecule has 0 unspecified atom stereocenters. The van der Waals surface area contributed by atoms with Crippen molar-refractivity contribution in [3.63, 3.8) is 0 Å². The molecule has 1 aliphatic heterocycles. The van der Waals surface area contributed by atoms with Gasteiger partial charge in [-0.1, -0.05) is 0 Å². The highest BCUT2D eigenvalue weighted by Gasteiger charge is 2.20. The van der Waals surface area contributed by atoms with Gasteiger partial charge < -0.3 is 10.4 Å². The molecule has 6 heteroatoms. The van der Waals surface area contributed by atoms with Crippen LogP contribution in [0.15, 0.2) is 4.58 Å². The van der Waals surface area contributed by atoms with Crippen molar-refractivity contribution >= 4 is 18.8 Å². The Morgan fingerprint density at radius 1 is 1.73 bits per heavy atom. The van der Waals surface area contributed by atoms with Crippen molar-refractivity contribution in [1.29, 1.82) is 0 Å². The highest BCUT2D eigenvalue weighted by Crippen LogP contribution is 2.03. The van der Waals surface area contributed by atoms with Crippen molar-refractivity contribution in [2.45, 2.75) is 18.9 Å². The SMILES string of the molecule is O=C(O)[C@@H]1CCCN1.O=NS. The number of nitrogens with zero attached hydrogens (tertiary/aromatic N) is 1. The topological polar surface area (TPSA) is 78.8 Å². The Balaban J connectivity index is 0.000000292. The van der Waals surface area contributed by atoms with E-state index in [9.17, 15) is 4.79 Å². The average molecular weight is 178 g/mol. The minimum Gasteiger partial charge on any atom is -0.480 e. The third-order valence-corrected chi connectivity index (χ3v) is 1.36. The molecule has 64 valence electrons. The fraction of sp³-hybridized carbons (Fsp3) is 0.800. The number of rotatable bonds is 1. The van der Waals surface area contributed by atoms with Gasteiger partial charge in [-0.15, -0.1) is 4.91 Å². The number of nitrogens with one attached hydrogen (secondary N) is 1. The highest BCUT2D eigenvalue weighted by molar-refractivity contribution is 7.78. The number of nitroso groups, excluding NO2 is 1. The van der Waals surface area contributed by atoms with Gasteiger partial charge in [-0.3, -0.25) is 4.79 Å². The summed E-state index contributed by atoms with van der Waals surface area (Å²) in [6, 6.07) is -0.269. The Hall–Kier alpha value is -0.620. The number of carbonyl (C=O) groups is 1. The molecule has 0 spiro atoms. The monoisotopic (exact) mass is 178 g/mol. The zero-order valence-electron chi connectivity index (χ0n) is 5.86. The van der Waals surface area contributed by atoms with E-state index in [1.165, 1.54) is 0 Å². The summed E-state index contributed by atoms with van der Waals surface area (Å²) < 4.78 is 1.94. The van der Waals surface area contributed by atoms with Crippen LogP contribution in [0.4, 0.5) is 0 Å². The van der Waals surface area contributed by atoms with Crippen LogP contribution in [0.2, 0.25) is 0 Å². The predicted octanol–water partition coefficient (Wildman–Crippen LogP) is 0.421. The summed E-state index contributed by atoms with van der Waals surface area (Å²) in [7, 11) is 0. The fourth-order valence-electron chi connectivity index (χ4n) is 0.895. The molecule has 1 saturated heterocycles. The number of thiol groups is 1. The molecule has 2 N–H and O–H groups in total. The fourth-order valence-corrected chi connectivity index (χ4v) is 0.895. The molecule has 0 aromatic rings. The Morgan fingerprint density at radius 3 is 2.45 bits per heavy atom. The van der Waals surface area contributed by atoms with Gasteiger partial charge in [-0.2, -0.15) is 0 Å². The first-order valence-corrected chi connectivity index (χ1v) is 3.55. The van der Waals surface area contributed by atoms with Crippen LogP contribution in [0, 0.1) is 4.91 Å². The standard InChI is InChI=1S/C5H9NO2.HNOS/c7-5(8)4-2-1-3-6-4;2-1-3/h4,6H,1-3H2,(H,7,8);(H,2,3)/t4-;/m0./s1. The van der Waals surface area contributed by atoms with Crippen molar-refractivity contribution in [3.8, 4) is 0 Å². The lowest BCUT2D eigenvalue weighted by Gasteiger charge is -1.99. The first-order chi connectivity index (χ1) is 5.22. The maximum absolute atomic E-state index is 10.1. The molecular weight excluding hydrogens is 168 g/mol. The van der Waals surface area contributed by atoms with Gasteiger partial charge in [-0.25, -0.2) is 0 Å². The van der Waals surface area contributed by atoms with Crippen LogP contribution in [0.5, 0.6) is 0 Å². The molecule has 1 atom stereocenters. The average Bonchev–Trinajstić information content (AvgIpc) is 2.38. The predicted molar refractivity (Wildman–Crippen MR) is 43.4 cm³/mol. The molecule has 0 bridgehead atoms. The summed E-state index contributed by atoms with van der Waals surface area (Å²) in [5, 5.41) is 11.2. The maximum Gasteiger partial charge on any atom is 0.320 e. The second-order valence-corrected chi connectivity index (χ2v) is 2.23. The van der Waals surface area contributed by atoms with E-state index in [1.54, 1.807) is 0 Å². The lowest BCUT2D eigenvalue weighted by atomic mass is 10.2. The van der Waals surface area contributed by atoms with Crippen LogP contribution in [0.1, 0.15) is 12.8 Å². The van der Waals surface area contributed by atoms with Gasteiger partial charge in [0.25, 0.3) is 0 Å². The first kappa shape index (κ1) is 10.4. The molecule has 0 aromatic heterocycles.